The van der Waals surface area contributed by atoms with Gasteiger partial charge in [0.25, 0.3) is 0 Å². The zero-order valence-corrected chi connectivity index (χ0v) is 17.3. The monoisotopic (exact) mass is 444 g/mol. The van der Waals surface area contributed by atoms with Crippen molar-refractivity contribution in [2.24, 2.45) is 4.99 Å². The van der Waals surface area contributed by atoms with Gasteiger partial charge in [0.15, 0.2) is 5.96 Å². The van der Waals surface area contributed by atoms with Gasteiger partial charge < -0.3 is 10.6 Å². The summed E-state index contributed by atoms with van der Waals surface area (Å²) in [6, 6.07) is 8.48. The second-order valence-electron chi connectivity index (χ2n) is 5.28. The lowest BCUT2D eigenvalue weighted by Gasteiger charge is -2.10. The summed E-state index contributed by atoms with van der Waals surface area (Å²) >= 11 is 1.73. The molecule has 1 aromatic heterocycles. The highest BCUT2D eigenvalue weighted by atomic mass is 127. The Morgan fingerprint density at radius 2 is 1.83 bits per heavy atom. The largest absolute Gasteiger partial charge is 0.357 e. The third-order valence-electron chi connectivity index (χ3n) is 3.36. The van der Waals surface area contributed by atoms with E-state index in [1.54, 1.807) is 11.3 Å². The van der Waals surface area contributed by atoms with E-state index in [0.717, 1.165) is 23.2 Å². The minimum absolute atomic E-state index is 0. The fraction of sp³-hybridized carbons (Fsp3) is 0.412. The van der Waals surface area contributed by atoms with Crippen molar-refractivity contribution in [2.75, 3.05) is 6.54 Å². The third-order valence-corrected chi connectivity index (χ3v) is 4.44. The number of aryl methyl sites for hydroxylation is 3. The number of nitrogens with one attached hydrogen (secondary N) is 2. The number of aliphatic imine (C=N–C) groups is 1. The molecule has 0 saturated heterocycles. The van der Waals surface area contributed by atoms with Gasteiger partial charge in [0.05, 0.1) is 18.8 Å². The number of aromatic nitrogens is 1. The molecule has 0 amide bonds. The van der Waals surface area contributed by atoms with Crippen LogP contribution in [0.3, 0.4) is 0 Å². The average molecular weight is 444 g/mol. The van der Waals surface area contributed by atoms with Gasteiger partial charge in [-0.15, -0.1) is 35.3 Å². The van der Waals surface area contributed by atoms with E-state index in [1.807, 2.05) is 6.92 Å². The van der Waals surface area contributed by atoms with Crippen molar-refractivity contribution in [3.63, 3.8) is 0 Å². The highest BCUT2D eigenvalue weighted by molar-refractivity contribution is 14.0. The van der Waals surface area contributed by atoms with Crippen molar-refractivity contribution in [3.05, 3.63) is 51.0 Å². The molecule has 0 aliphatic carbocycles. The minimum Gasteiger partial charge on any atom is -0.357 e. The molecule has 2 rings (SSSR count). The molecule has 23 heavy (non-hydrogen) atoms. The summed E-state index contributed by atoms with van der Waals surface area (Å²) in [6.07, 6.45) is 0. The van der Waals surface area contributed by atoms with Gasteiger partial charge in [-0.1, -0.05) is 29.8 Å². The Labute approximate surface area is 159 Å². The molecule has 4 nitrogen and oxygen atoms in total. The lowest BCUT2D eigenvalue weighted by Crippen LogP contribution is -2.36. The predicted molar refractivity (Wildman–Crippen MR) is 110 cm³/mol. The summed E-state index contributed by atoms with van der Waals surface area (Å²) in [4.78, 5) is 10.4. The summed E-state index contributed by atoms with van der Waals surface area (Å²) in [5.41, 5.74) is 3.60. The summed E-state index contributed by atoms with van der Waals surface area (Å²) in [5, 5.41) is 7.71. The highest BCUT2D eigenvalue weighted by Gasteiger charge is 2.04. The van der Waals surface area contributed by atoms with E-state index in [9.17, 15) is 0 Å². The van der Waals surface area contributed by atoms with Crippen molar-refractivity contribution in [2.45, 2.75) is 40.8 Å². The minimum atomic E-state index is 0. The van der Waals surface area contributed by atoms with Crippen molar-refractivity contribution in [3.8, 4) is 0 Å². The smallest absolute Gasteiger partial charge is 0.191 e. The Morgan fingerprint density at radius 1 is 1.13 bits per heavy atom. The molecule has 2 aromatic rings. The topological polar surface area (TPSA) is 49.3 Å². The number of rotatable bonds is 5. The molecule has 6 heteroatoms. The molecule has 0 aliphatic heterocycles. The summed E-state index contributed by atoms with van der Waals surface area (Å²) in [6.45, 7) is 10.5. The lowest BCUT2D eigenvalue weighted by atomic mass is 10.1. The Kier molecular flexibility index (Phi) is 8.54. The van der Waals surface area contributed by atoms with E-state index in [2.05, 4.69) is 65.6 Å². The first kappa shape index (κ1) is 19.9. The first-order chi connectivity index (χ1) is 10.6. The first-order valence-electron chi connectivity index (χ1n) is 7.59. The highest BCUT2D eigenvalue weighted by Crippen LogP contribution is 2.15. The normalized spacial score (nSPS) is 11.0. The number of hydrogen-bond donors (Lipinski definition) is 2. The van der Waals surface area contributed by atoms with E-state index in [0.29, 0.717) is 13.1 Å². The van der Waals surface area contributed by atoms with Crippen LogP contribution in [0.5, 0.6) is 0 Å². The zero-order valence-electron chi connectivity index (χ0n) is 14.1. The molecule has 0 atom stereocenters. The summed E-state index contributed by atoms with van der Waals surface area (Å²) < 4.78 is 0. The van der Waals surface area contributed by atoms with Crippen LogP contribution in [0.4, 0.5) is 0 Å². The molecule has 1 heterocycles. The van der Waals surface area contributed by atoms with Gasteiger partial charge in [0.2, 0.25) is 0 Å². The average Bonchev–Trinajstić information content (AvgIpc) is 2.82. The maximum absolute atomic E-state index is 4.63. The van der Waals surface area contributed by atoms with E-state index in [1.165, 1.54) is 16.0 Å². The Morgan fingerprint density at radius 3 is 2.39 bits per heavy atom. The van der Waals surface area contributed by atoms with E-state index >= 15 is 0 Å². The van der Waals surface area contributed by atoms with Crippen molar-refractivity contribution in [1.82, 2.24) is 15.6 Å². The zero-order chi connectivity index (χ0) is 15.9. The quantitative estimate of drug-likeness (QED) is 0.417. The number of halogens is 1. The number of guanidine groups is 1. The Hall–Kier alpha value is -1.15. The van der Waals surface area contributed by atoms with Crippen molar-refractivity contribution >= 4 is 41.3 Å². The van der Waals surface area contributed by atoms with Crippen LogP contribution in [-0.2, 0) is 13.1 Å². The van der Waals surface area contributed by atoms with Gasteiger partial charge in [-0.2, -0.15) is 0 Å². The number of nitrogens with zero attached hydrogens (tertiary/aromatic N) is 2. The van der Waals surface area contributed by atoms with Crippen LogP contribution in [-0.4, -0.2) is 17.5 Å². The maximum Gasteiger partial charge on any atom is 0.191 e. The van der Waals surface area contributed by atoms with Gasteiger partial charge in [0.1, 0.15) is 5.01 Å². The fourth-order valence-corrected chi connectivity index (χ4v) is 2.85. The second-order valence-corrected chi connectivity index (χ2v) is 6.57. The van der Waals surface area contributed by atoms with Gasteiger partial charge in [-0.3, -0.25) is 0 Å². The molecule has 0 spiro atoms. The van der Waals surface area contributed by atoms with Crippen molar-refractivity contribution < 1.29 is 0 Å². The summed E-state index contributed by atoms with van der Waals surface area (Å²) in [5.74, 6) is 0.827. The first-order valence-corrected chi connectivity index (χ1v) is 8.40. The molecule has 126 valence electrons. The third kappa shape index (κ3) is 6.47. The predicted octanol–water partition coefficient (Wildman–Crippen LogP) is 3.94. The van der Waals surface area contributed by atoms with E-state index < -0.39 is 0 Å². The van der Waals surface area contributed by atoms with Crippen LogP contribution in [0.15, 0.2) is 29.3 Å². The number of benzene rings is 1. The number of hydrogen-bond acceptors (Lipinski definition) is 3. The van der Waals surface area contributed by atoms with Gasteiger partial charge >= 0.3 is 0 Å². The van der Waals surface area contributed by atoms with Crippen molar-refractivity contribution in [1.29, 1.82) is 0 Å². The fourth-order valence-electron chi connectivity index (χ4n) is 1.98. The van der Waals surface area contributed by atoms with E-state index in [4.69, 9.17) is 0 Å². The molecule has 0 fully saturated rings. The molecule has 0 saturated carbocycles. The maximum atomic E-state index is 4.63. The second kappa shape index (κ2) is 9.87. The van der Waals surface area contributed by atoms with Gasteiger partial charge in [-0.25, -0.2) is 9.98 Å². The van der Waals surface area contributed by atoms with E-state index in [-0.39, 0.29) is 24.0 Å². The molecule has 0 radical (unpaired) electrons. The SMILES string of the molecule is CCNC(=NCc1ccc(C)cc1)NCc1nc(C)c(C)s1.I. The molecule has 0 bridgehead atoms. The van der Waals surface area contributed by atoms with Crippen LogP contribution in [0, 0.1) is 20.8 Å². The summed E-state index contributed by atoms with van der Waals surface area (Å²) in [7, 11) is 0. The van der Waals surface area contributed by atoms with Crippen LogP contribution in [0.1, 0.15) is 33.6 Å². The Bertz CT molecular complexity index is 615. The lowest BCUT2D eigenvalue weighted by molar-refractivity contribution is 0.809. The van der Waals surface area contributed by atoms with Crippen LogP contribution >= 0.6 is 35.3 Å². The molecule has 2 N–H and O–H groups in total. The molecular formula is C17H25IN4S. The number of thiazole rings is 1. The van der Waals surface area contributed by atoms with Crippen LogP contribution < -0.4 is 10.6 Å². The molecular weight excluding hydrogens is 419 g/mol. The van der Waals surface area contributed by atoms with Gasteiger partial charge in [0, 0.05) is 11.4 Å². The molecule has 0 aliphatic rings. The van der Waals surface area contributed by atoms with Crippen LogP contribution in [0.2, 0.25) is 0 Å². The van der Waals surface area contributed by atoms with Gasteiger partial charge in [-0.05, 0) is 33.3 Å². The Balaban J connectivity index is 0.00000264. The standard InChI is InChI=1S/C17H24N4S.HI/c1-5-18-17(19-10-15-8-6-12(2)7-9-15)20-11-16-21-13(3)14(4)22-16;/h6-9H,5,10-11H2,1-4H3,(H2,18,19,20);1H. The molecule has 0 unspecified atom stereocenters. The molecule has 1 aromatic carbocycles. The van der Waals surface area contributed by atoms with Crippen LogP contribution in [0.25, 0.3) is 0 Å².